The van der Waals surface area contributed by atoms with Crippen LogP contribution in [0.25, 0.3) is 0 Å². The molecular formula is C16H31N3O6S. The van der Waals surface area contributed by atoms with Gasteiger partial charge in [-0.1, -0.05) is 13.3 Å². The Hall–Kier alpha value is -1.68. The SMILES string of the molecule is CCCCOC(=O)NC(CS(=O)(=O)CCNCC=N)C(=O)OC(C)(C)C. The van der Waals surface area contributed by atoms with Gasteiger partial charge in [-0.05, 0) is 27.2 Å². The maximum Gasteiger partial charge on any atom is 0.407 e. The van der Waals surface area contributed by atoms with E-state index in [2.05, 4.69) is 10.6 Å². The standard InChI is InChI=1S/C16H31N3O6S/c1-5-6-10-24-15(21)19-13(14(20)25-16(2,3)4)12-26(22,23)11-9-18-8-7-17/h7,13,17-18H,5-6,8-12H2,1-4H3,(H,19,21). The highest BCUT2D eigenvalue weighted by Crippen LogP contribution is 2.10. The van der Waals surface area contributed by atoms with Crippen LogP contribution in [-0.4, -0.2) is 69.5 Å². The second kappa shape index (κ2) is 11.8. The van der Waals surface area contributed by atoms with E-state index in [0.29, 0.717) is 6.42 Å². The van der Waals surface area contributed by atoms with Crippen LogP contribution in [0.3, 0.4) is 0 Å². The molecule has 0 spiro atoms. The van der Waals surface area contributed by atoms with Crippen LogP contribution in [0.15, 0.2) is 0 Å². The van der Waals surface area contributed by atoms with Crippen molar-refractivity contribution in [2.45, 2.75) is 52.2 Å². The molecule has 26 heavy (non-hydrogen) atoms. The quantitative estimate of drug-likeness (QED) is 0.254. The number of nitrogens with one attached hydrogen (secondary N) is 3. The zero-order chi connectivity index (χ0) is 20.2. The van der Waals surface area contributed by atoms with Crippen molar-refractivity contribution in [1.29, 1.82) is 5.41 Å². The van der Waals surface area contributed by atoms with Gasteiger partial charge >= 0.3 is 12.1 Å². The first-order valence-corrected chi connectivity index (χ1v) is 10.4. The first-order valence-electron chi connectivity index (χ1n) is 8.57. The maximum atomic E-state index is 12.3. The smallest absolute Gasteiger partial charge is 0.407 e. The van der Waals surface area contributed by atoms with E-state index in [4.69, 9.17) is 14.9 Å². The predicted molar refractivity (Wildman–Crippen MR) is 99.3 cm³/mol. The summed E-state index contributed by atoms with van der Waals surface area (Å²) in [5, 5.41) is 11.9. The number of alkyl carbamates (subject to hydrolysis) is 1. The van der Waals surface area contributed by atoms with Crippen LogP contribution in [0.4, 0.5) is 4.79 Å². The number of rotatable bonds is 12. The summed E-state index contributed by atoms with van der Waals surface area (Å²) in [6.45, 7) is 7.46. The molecule has 0 saturated heterocycles. The highest BCUT2D eigenvalue weighted by atomic mass is 32.2. The molecule has 9 nitrogen and oxygen atoms in total. The summed E-state index contributed by atoms with van der Waals surface area (Å²) in [6, 6.07) is -1.35. The number of ether oxygens (including phenoxy) is 2. The summed E-state index contributed by atoms with van der Waals surface area (Å²) >= 11 is 0. The van der Waals surface area contributed by atoms with Gasteiger partial charge < -0.3 is 25.5 Å². The van der Waals surface area contributed by atoms with Gasteiger partial charge in [0.1, 0.15) is 11.6 Å². The van der Waals surface area contributed by atoms with Crippen LogP contribution in [0.1, 0.15) is 40.5 Å². The Morgan fingerprint density at radius 3 is 2.46 bits per heavy atom. The first kappa shape index (κ1) is 24.3. The number of sulfone groups is 1. The molecule has 10 heteroatoms. The Balaban J connectivity index is 4.93. The Morgan fingerprint density at radius 1 is 1.27 bits per heavy atom. The third-order valence-electron chi connectivity index (χ3n) is 2.97. The fraction of sp³-hybridized carbons (Fsp3) is 0.812. The maximum absolute atomic E-state index is 12.3. The lowest BCUT2D eigenvalue weighted by molar-refractivity contribution is -0.156. The van der Waals surface area contributed by atoms with Crippen molar-refractivity contribution in [1.82, 2.24) is 10.6 Å². The number of hydrogen-bond acceptors (Lipinski definition) is 8. The molecule has 0 aliphatic carbocycles. The third-order valence-corrected chi connectivity index (χ3v) is 4.64. The van der Waals surface area contributed by atoms with Crippen molar-refractivity contribution >= 4 is 28.1 Å². The molecule has 1 atom stereocenters. The van der Waals surface area contributed by atoms with Crippen LogP contribution in [0.2, 0.25) is 0 Å². The van der Waals surface area contributed by atoms with E-state index >= 15 is 0 Å². The van der Waals surface area contributed by atoms with Crippen LogP contribution < -0.4 is 10.6 Å². The third kappa shape index (κ3) is 12.6. The van der Waals surface area contributed by atoms with Gasteiger partial charge in [0.2, 0.25) is 0 Å². The average Bonchev–Trinajstić information content (AvgIpc) is 2.49. The molecule has 0 aliphatic rings. The zero-order valence-electron chi connectivity index (χ0n) is 16.0. The second-order valence-corrected chi connectivity index (χ2v) is 8.97. The highest BCUT2D eigenvalue weighted by Gasteiger charge is 2.31. The van der Waals surface area contributed by atoms with Crippen LogP contribution >= 0.6 is 0 Å². The molecule has 3 N–H and O–H groups in total. The van der Waals surface area contributed by atoms with Gasteiger partial charge in [-0.25, -0.2) is 18.0 Å². The van der Waals surface area contributed by atoms with E-state index in [1.54, 1.807) is 20.8 Å². The number of amides is 1. The lowest BCUT2D eigenvalue weighted by Gasteiger charge is -2.24. The van der Waals surface area contributed by atoms with Gasteiger partial charge in [0.15, 0.2) is 9.84 Å². The summed E-state index contributed by atoms with van der Waals surface area (Å²) in [7, 11) is -3.64. The summed E-state index contributed by atoms with van der Waals surface area (Å²) in [6.07, 6.45) is 1.76. The second-order valence-electron chi connectivity index (χ2n) is 6.74. The Bertz CT molecular complexity index is 557. The highest BCUT2D eigenvalue weighted by molar-refractivity contribution is 7.91. The monoisotopic (exact) mass is 393 g/mol. The summed E-state index contributed by atoms with van der Waals surface area (Å²) < 4.78 is 34.6. The van der Waals surface area contributed by atoms with Crippen molar-refractivity contribution in [3.8, 4) is 0 Å². The summed E-state index contributed by atoms with van der Waals surface area (Å²) in [5.74, 6) is -1.65. The lowest BCUT2D eigenvalue weighted by atomic mass is 10.2. The van der Waals surface area contributed by atoms with Gasteiger partial charge in [0.05, 0.1) is 18.1 Å². The fourth-order valence-electron chi connectivity index (χ4n) is 1.77. The van der Waals surface area contributed by atoms with Crippen LogP contribution in [0, 0.1) is 5.41 Å². The molecule has 152 valence electrons. The number of carbonyl (C=O) groups is 2. The van der Waals surface area contributed by atoms with E-state index in [9.17, 15) is 18.0 Å². The minimum absolute atomic E-state index is 0.139. The molecule has 1 amide bonds. The molecule has 0 radical (unpaired) electrons. The minimum atomic E-state index is -3.64. The molecule has 0 bridgehead atoms. The molecule has 0 rings (SSSR count). The molecule has 0 saturated carbocycles. The molecular weight excluding hydrogens is 362 g/mol. The van der Waals surface area contributed by atoms with Gasteiger partial charge in [-0.15, -0.1) is 0 Å². The number of unbranched alkanes of at least 4 members (excludes halogenated alkanes) is 1. The van der Waals surface area contributed by atoms with Gasteiger partial charge in [-0.3, -0.25) is 0 Å². The first-order chi connectivity index (χ1) is 12.0. The van der Waals surface area contributed by atoms with E-state index in [0.717, 1.165) is 12.6 Å². The molecule has 0 aliphatic heterocycles. The van der Waals surface area contributed by atoms with Gasteiger partial charge in [0.25, 0.3) is 0 Å². The van der Waals surface area contributed by atoms with Gasteiger partial charge in [0, 0.05) is 19.3 Å². The van der Waals surface area contributed by atoms with Crippen LogP contribution in [0.5, 0.6) is 0 Å². The number of hydrogen-bond donors (Lipinski definition) is 3. The topological polar surface area (TPSA) is 135 Å². The van der Waals surface area contributed by atoms with Crippen molar-refractivity contribution in [3.63, 3.8) is 0 Å². The zero-order valence-corrected chi connectivity index (χ0v) is 16.8. The summed E-state index contributed by atoms with van der Waals surface area (Å²) in [4.78, 5) is 24.1. The average molecular weight is 394 g/mol. The van der Waals surface area contributed by atoms with E-state index < -0.39 is 39.3 Å². The lowest BCUT2D eigenvalue weighted by Crippen LogP contribution is -2.49. The Labute approximate surface area is 155 Å². The number of esters is 1. The molecule has 0 aromatic rings. The molecule has 0 heterocycles. The van der Waals surface area contributed by atoms with Gasteiger partial charge in [-0.2, -0.15) is 0 Å². The molecule has 0 fully saturated rings. The van der Waals surface area contributed by atoms with Crippen LogP contribution in [-0.2, 0) is 24.1 Å². The Morgan fingerprint density at radius 2 is 1.92 bits per heavy atom. The normalized spacial score (nSPS) is 12.9. The largest absolute Gasteiger partial charge is 0.458 e. The van der Waals surface area contributed by atoms with E-state index in [-0.39, 0.29) is 25.4 Å². The van der Waals surface area contributed by atoms with Crippen molar-refractivity contribution < 1.29 is 27.5 Å². The van der Waals surface area contributed by atoms with E-state index in [1.165, 1.54) is 0 Å². The number of carbonyl (C=O) groups excluding carboxylic acids is 2. The Kier molecular flexibility index (Phi) is 11.1. The molecule has 0 aromatic carbocycles. The van der Waals surface area contributed by atoms with Crippen molar-refractivity contribution in [2.75, 3.05) is 31.2 Å². The van der Waals surface area contributed by atoms with Crippen molar-refractivity contribution in [3.05, 3.63) is 0 Å². The predicted octanol–water partition coefficient (Wildman–Crippen LogP) is 0.877. The molecule has 1 unspecified atom stereocenters. The summed E-state index contributed by atoms with van der Waals surface area (Å²) in [5.41, 5.74) is -0.821. The molecule has 0 aromatic heterocycles. The van der Waals surface area contributed by atoms with E-state index in [1.807, 2.05) is 6.92 Å². The minimum Gasteiger partial charge on any atom is -0.458 e. The fourth-order valence-corrected chi connectivity index (χ4v) is 3.12. The van der Waals surface area contributed by atoms with Crippen molar-refractivity contribution in [2.24, 2.45) is 0 Å².